The zero-order valence-corrected chi connectivity index (χ0v) is 17.7. The summed E-state index contributed by atoms with van der Waals surface area (Å²) in [6.45, 7) is 5.72. The van der Waals surface area contributed by atoms with Gasteiger partial charge in [0.2, 0.25) is 0 Å². The van der Waals surface area contributed by atoms with E-state index < -0.39 is 0 Å². The van der Waals surface area contributed by atoms with Gasteiger partial charge in [-0.3, -0.25) is 9.48 Å². The lowest BCUT2D eigenvalue weighted by molar-refractivity contribution is 0.0950. The summed E-state index contributed by atoms with van der Waals surface area (Å²) in [5.41, 5.74) is 3.64. The summed E-state index contributed by atoms with van der Waals surface area (Å²) in [7, 11) is 0. The van der Waals surface area contributed by atoms with Gasteiger partial charge in [0, 0.05) is 18.3 Å². The Hall–Kier alpha value is -2.60. The molecule has 1 aromatic heterocycles. The van der Waals surface area contributed by atoms with Crippen LogP contribution in [-0.4, -0.2) is 15.7 Å². The second kappa shape index (κ2) is 9.55. The van der Waals surface area contributed by atoms with E-state index in [2.05, 4.69) is 45.4 Å². The number of aromatic nitrogens is 2. The van der Waals surface area contributed by atoms with Crippen LogP contribution in [0.4, 0.5) is 0 Å². The highest BCUT2D eigenvalue weighted by Gasteiger charge is 2.10. The molecule has 146 valence electrons. The lowest BCUT2D eigenvalue weighted by Gasteiger charge is -2.09. The highest BCUT2D eigenvalue weighted by molar-refractivity contribution is 9.10. The smallest absolute Gasteiger partial charge is 0.251 e. The molecule has 0 aliphatic carbocycles. The van der Waals surface area contributed by atoms with E-state index in [0.717, 1.165) is 34.4 Å². The van der Waals surface area contributed by atoms with E-state index in [4.69, 9.17) is 4.74 Å². The second-order valence-electron chi connectivity index (χ2n) is 6.45. The van der Waals surface area contributed by atoms with E-state index in [1.54, 1.807) is 6.07 Å². The first-order valence-electron chi connectivity index (χ1n) is 9.39. The number of hydrogen-bond donors (Lipinski definition) is 1. The number of nitrogens with one attached hydrogen (secondary N) is 1. The fraction of sp³-hybridized carbons (Fsp3) is 0.273. The average Bonchev–Trinajstić information content (AvgIpc) is 3.10. The average molecular weight is 442 g/mol. The van der Waals surface area contributed by atoms with Crippen LogP contribution in [0.5, 0.6) is 5.75 Å². The van der Waals surface area contributed by atoms with Gasteiger partial charge in [-0.2, -0.15) is 5.10 Å². The van der Waals surface area contributed by atoms with Crippen molar-refractivity contribution in [2.24, 2.45) is 0 Å². The number of aryl methyl sites for hydroxylation is 2. The molecule has 2 aromatic carbocycles. The van der Waals surface area contributed by atoms with Gasteiger partial charge in [-0.25, -0.2) is 0 Å². The van der Waals surface area contributed by atoms with Crippen molar-refractivity contribution in [3.63, 3.8) is 0 Å². The summed E-state index contributed by atoms with van der Waals surface area (Å²) in [5.74, 6) is 0.690. The van der Waals surface area contributed by atoms with Crippen LogP contribution in [0.2, 0.25) is 0 Å². The molecule has 0 saturated heterocycles. The Balaban J connectivity index is 1.58. The first kappa shape index (κ1) is 20.1. The van der Waals surface area contributed by atoms with Crippen molar-refractivity contribution in [1.82, 2.24) is 15.1 Å². The molecule has 0 atom stereocenters. The van der Waals surface area contributed by atoms with E-state index in [-0.39, 0.29) is 5.91 Å². The van der Waals surface area contributed by atoms with Crippen LogP contribution in [-0.2, 0) is 26.1 Å². The molecular weight excluding hydrogens is 418 g/mol. The van der Waals surface area contributed by atoms with Crippen LogP contribution in [0.3, 0.4) is 0 Å². The number of nitrogens with zero attached hydrogens (tertiary/aromatic N) is 2. The monoisotopic (exact) mass is 441 g/mol. The number of amides is 1. The number of carbonyl (C=O) groups is 1. The van der Waals surface area contributed by atoms with Gasteiger partial charge in [0.15, 0.2) is 0 Å². The van der Waals surface area contributed by atoms with Crippen molar-refractivity contribution in [1.29, 1.82) is 0 Å². The van der Waals surface area contributed by atoms with E-state index in [1.807, 2.05) is 48.1 Å². The predicted octanol–water partition coefficient (Wildman–Crippen LogP) is 4.74. The Morgan fingerprint density at radius 3 is 2.61 bits per heavy atom. The molecular formula is C22H24BrN3O2. The first-order chi connectivity index (χ1) is 13.6. The van der Waals surface area contributed by atoms with Gasteiger partial charge in [0.1, 0.15) is 12.4 Å². The molecule has 0 radical (unpaired) electrons. The first-order valence-corrected chi connectivity index (χ1v) is 10.2. The minimum Gasteiger partial charge on any atom is -0.489 e. The highest BCUT2D eigenvalue weighted by Crippen LogP contribution is 2.16. The Labute approximate surface area is 173 Å². The van der Waals surface area contributed by atoms with Crippen LogP contribution in [0.25, 0.3) is 0 Å². The van der Waals surface area contributed by atoms with E-state index >= 15 is 0 Å². The second-order valence-corrected chi connectivity index (χ2v) is 7.30. The van der Waals surface area contributed by atoms with Crippen molar-refractivity contribution >= 4 is 21.8 Å². The number of hydrogen-bond acceptors (Lipinski definition) is 3. The van der Waals surface area contributed by atoms with Gasteiger partial charge in [-0.15, -0.1) is 0 Å². The molecule has 1 amide bonds. The van der Waals surface area contributed by atoms with Gasteiger partial charge in [0.05, 0.1) is 16.7 Å². The molecule has 0 aliphatic rings. The molecule has 0 fully saturated rings. The quantitative estimate of drug-likeness (QED) is 0.549. The maximum Gasteiger partial charge on any atom is 0.251 e. The van der Waals surface area contributed by atoms with Gasteiger partial charge < -0.3 is 10.1 Å². The molecule has 6 heteroatoms. The minimum absolute atomic E-state index is 0.132. The van der Waals surface area contributed by atoms with Crippen molar-refractivity contribution in [2.75, 3.05) is 0 Å². The van der Waals surface area contributed by atoms with Crippen LogP contribution in [0, 0.1) is 0 Å². The van der Waals surface area contributed by atoms with Crippen molar-refractivity contribution < 1.29 is 9.53 Å². The number of ether oxygens (including phenoxy) is 1. The maximum atomic E-state index is 12.5. The SMILES string of the molecule is CCc1ccc(OCc2cccc(C(=O)NCc3nn(CC)cc3Br)c2)cc1. The van der Waals surface area contributed by atoms with Crippen LogP contribution < -0.4 is 10.1 Å². The van der Waals surface area contributed by atoms with Gasteiger partial charge in [-0.1, -0.05) is 31.2 Å². The molecule has 0 aliphatic heterocycles. The zero-order valence-electron chi connectivity index (χ0n) is 16.1. The molecule has 5 nitrogen and oxygen atoms in total. The maximum absolute atomic E-state index is 12.5. The van der Waals surface area contributed by atoms with E-state index in [9.17, 15) is 4.79 Å². The topological polar surface area (TPSA) is 56.1 Å². The Bertz CT molecular complexity index is 935. The molecule has 3 rings (SSSR count). The normalized spacial score (nSPS) is 10.7. The zero-order chi connectivity index (χ0) is 19.9. The fourth-order valence-corrected chi connectivity index (χ4v) is 3.23. The van der Waals surface area contributed by atoms with E-state index in [1.165, 1.54) is 5.56 Å². The Morgan fingerprint density at radius 1 is 1.14 bits per heavy atom. The van der Waals surface area contributed by atoms with Gasteiger partial charge in [0.25, 0.3) is 5.91 Å². The van der Waals surface area contributed by atoms with Crippen LogP contribution in [0.15, 0.2) is 59.2 Å². The third-order valence-electron chi connectivity index (χ3n) is 4.45. The van der Waals surface area contributed by atoms with Crippen molar-refractivity contribution in [3.05, 3.63) is 81.6 Å². The standard InChI is InChI=1S/C22H24BrN3O2/c1-3-16-8-10-19(11-9-16)28-15-17-6-5-7-18(12-17)22(27)24-13-21-20(23)14-26(4-2)25-21/h5-12,14H,3-4,13,15H2,1-2H3,(H,24,27). The Morgan fingerprint density at radius 2 is 1.93 bits per heavy atom. The summed E-state index contributed by atoms with van der Waals surface area (Å²) >= 11 is 3.48. The van der Waals surface area contributed by atoms with Crippen molar-refractivity contribution in [3.8, 4) is 5.75 Å². The molecule has 28 heavy (non-hydrogen) atoms. The Kier molecular flexibility index (Phi) is 6.87. The predicted molar refractivity (Wildman–Crippen MR) is 113 cm³/mol. The number of benzene rings is 2. The summed E-state index contributed by atoms with van der Waals surface area (Å²) < 4.78 is 8.56. The summed E-state index contributed by atoms with van der Waals surface area (Å²) in [6, 6.07) is 15.6. The number of rotatable bonds is 8. The van der Waals surface area contributed by atoms with Gasteiger partial charge in [-0.05, 0) is 64.7 Å². The molecule has 0 bridgehead atoms. The number of halogens is 1. The molecule has 3 aromatic rings. The minimum atomic E-state index is -0.132. The lowest BCUT2D eigenvalue weighted by atomic mass is 10.1. The van der Waals surface area contributed by atoms with Crippen molar-refractivity contribution in [2.45, 2.75) is 40.0 Å². The summed E-state index contributed by atoms with van der Waals surface area (Å²) in [6.07, 6.45) is 2.92. The van der Waals surface area contributed by atoms with Crippen LogP contribution >= 0.6 is 15.9 Å². The molecule has 1 heterocycles. The fourth-order valence-electron chi connectivity index (χ4n) is 2.78. The molecule has 0 spiro atoms. The molecule has 0 saturated carbocycles. The largest absolute Gasteiger partial charge is 0.489 e. The molecule has 0 unspecified atom stereocenters. The summed E-state index contributed by atoms with van der Waals surface area (Å²) in [5, 5.41) is 7.34. The number of carbonyl (C=O) groups excluding carboxylic acids is 1. The highest BCUT2D eigenvalue weighted by atomic mass is 79.9. The lowest BCUT2D eigenvalue weighted by Crippen LogP contribution is -2.23. The van der Waals surface area contributed by atoms with E-state index in [0.29, 0.717) is 18.7 Å². The van der Waals surface area contributed by atoms with Crippen LogP contribution in [0.1, 0.15) is 41.0 Å². The van der Waals surface area contributed by atoms with Gasteiger partial charge >= 0.3 is 0 Å². The third kappa shape index (κ3) is 5.23. The summed E-state index contributed by atoms with van der Waals surface area (Å²) in [4.78, 5) is 12.5. The third-order valence-corrected chi connectivity index (χ3v) is 5.12. The molecule has 1 N–H and O–H groups in total.